The fourth-order valence-electron chi connectivity index (χ4n) is 3.78. The second-order valence-electron chi connectivity index (χ2n) is 9.90. The third-order valence-corrected chi connectivity index (χ3v) is 6.83. The van der Waals surface area contributed by atoms with Gasteiger partial charge in [-0.1, -0.05) is 11.8 Å². The average molecular weight is 806 g/mol. The number of ketones is 4. The first-order chi connectivity index (χ1) is 25.2. The van der Waals surface area contributed by atoms with E-state index in [2.05, 4.69) is 43.2 Å². The highest BCUT2D eigenvalue weighted by atomic mass is 79.9. The summed E-state index contributed by atoms with van der Waals surface area (Å²) in [5.74, 6) is 2.36. The molecule has 0 aliphatic rings. The van der Waals surface area contributed by atoms with Crippen LogP contribution in [0.2, 0.25) is 0 Å². The van der Waals surface area contributed by atoms with Crippen LogP contribution in [-0.4, -0.2) is 59.8 Å². The summed E-state index contributed by atoms with van der Waals surface area (Å²) in [5, 5.41) is 16.6. The largest absolute Gasteiger partial charge is 0.435 e. The van der Waals surface area contributed by atoms with E-state index in [-0.39, 0.29) is 63.4 Å². The molecule has 4 aromatic rings. The van der Waals surface area contributed by atoms with Gasteiger partial charge in [-0.25, -0.2) is 8.78 Å². The van der Waals surface area contributed by atoms with Gasteiger partial charge in [0.05, 0.1) is 23.2 Å². The molecular weight excluding hydrogens is 778 g/mol. The van der Waals surface area contributed by atoms with Crippen molar-refractivity contribution in [1.82, 2.24) is 0 Å². The summed E-state index contributed by atoms with van der Waals surface area (Å²) >= 11 is 2.93. The van der Waals surface area contributed by atoms with Crippen molar-refractivity contribution in [2.45, 2.75) is 26.1 Å². The van der Waals surface area contributed by atoms with Crippen LogP contribution in [0.1, 0.15) is 59.8 Å². The van der Waals surface area contributed by atoms with E-state index in [0.717, 1.165) is 48.5 Å². The molecule has 0 aliphatic heterocycles. The number of benzene rings is 4. The molecule has 0 unspecified atom stereocenters. The molecule has 0 saturated heterocycles. The Balaban J connectivity index is 0.000000329. The summed E-state index contributed by atoms with van der Waals surface area (Å²) in [6, 6.07) is 16.1. The van der Waals surface area contributed by atoms with Crippen molar-refractivity contribution < 1.29 is 65.2 Å². The molecule has 53 heavy (non-hydrogen) atoms. The standard InChI is InChI=1S/C19H13F3O4.C15H8BrF3O3.C4H6O/c20-16-9-6-14(11-13(16)3-1-2-10-23)18(25)17(24)12-4-7-15(8-5-12)26-19(21)22;16-11-7-9(3-6-12(11)17)14(21)13(20)8-1-4-10(5-2-8)22-15(18)19;1-2-3-4-5/h4-9,11,19,23H,2,10H2;1-7,15H;1,5H,3-4H2. The van der Waals surface area contributed by atoms with Gasteiger partial charge in [0, 0.05) is 35.1 Å². The summed E-state index contributed by atoms with van der Waals surface area (Å²) in [5.41, 5.74) is -0.109. The fourth-order valence-corrected chi connectivity index (χ4v) is 4.16. The normalized spacial score (nSPS) is 10.0. The van der Waals surface area contributed by atoms with E-state index < -0.39 is 48.0 Å². The average Bonchev–Trinajstić information content (AvgIpc) is 3.13. The van der Waals surface area contributed by atoms with Crippen LogP contribution in [0.15, 0.2) is 89.4 Å². The molecule has 15 heteroatoms. The number of hydrogen-bond donors (Lipinski definition) is 2. The van der Waals surface area contributed by atoms with Crippen LogP contribution >= 0.6 is 15.9 Å². The molecule has 4 aromatic carbocycles. The van der Waals surface area contributed by atoms with Crippen LogP contribution in [0.4, 0.5) is 26.3 Å². The van der Waals surface area contributed by atoms with Crippen LogP contribution < -0.4 is 9.47 Å². The molecule has 0 amide bonds. The third kappa shape index (κ3) is 14.4. The lowest BCUT2D eigenvalue weighted by Gasteiger charge is -2.05. The number of carbonyl (C=O) groups excluding carboxylic acids is 4. The highest BCUT2D eigenvalue weighted by Crippen LogP contribution is 2.21. The quantitative estimate of drug-likeness (QED) is 0.0654. The number of carbonyl (C=O) groups is 4. The molecule has 0 aromatic heterocycles. The Kier molecular flexibility index (Phi) is 18.2. The Morgan fingerprint density at radius 1 is 0.623 bits per heavy atom. The molecule has 276 valence electrons. The van der Waals surface area contributed by atoms with Gasteiger partial charge in [-0.15, -0.1) is 12.3 Å². The zero-order valence-electron chi connectivity index (χ0n) is 27.1. The van der Waals surface area contributed by atoms with E-state index in [0.29, 0.717) is 6.42 Å². The van der Waals surface area contributed by atoms with Crippen molar-refractivity contribution in [3.8, 4) is 35.7 Å². The molecule has 0 spiro atoms. The first kappa shape index (κ1) is 43.4. The van der Waals surface area contributed by atoms with E-state index in [9.17, 15) is 45.5 Å². The SMILES string of the molecule is C#CCCO.O=C(C(=O)c1ccc(F)c(Br)c1)c1ccc(OC(F)F)cc1.O=C(C(=O)c1ccc(F)c(C#CCCO)c1)c1ccc(OC(F)F)cc1. The topological polar surface area (TPSA) is 127 Å². The number of alkyl halides is 4. The molecular formula is C38H27BrF6O8. The van der Waals surface area contributed by atoms with Crippen molar-refractivity contribution in [2.75, 3.05) is 13.2 Å². The predicted molar refractivity (Wildman–Crippen MR) is 183 cm³/mol. The third-order valence-electron chi connectivity index (χ3n) is 6.22. The number of aliphatic hydroxyl groups excluding tert-OH is 2. The van der Waals surface area contributed by atoms with Crippen molar-refractivity contribution in [1.29, 1.82) is 0 Å². The van der Waals surface area contributed by atoms with Gasteiger partial charge in [-0.2, -0.15) is 17.6 Å². The van der Waals surface area contributed by atoms with Gasteiger partial charge < -0.3 is 19.7 Å². The van der Waals surface area contributed by atoms with E-state index in [1.807, 2.05) is 0 Å². The monoisotopic (exact) mass is 804 g/mol. The summed E-state index contributed by atoms with van der Waals surface area (Å²) in [6.45, 7) is -6.05. The molecule has 8 nitrogen and oxygen atoms in total. The maximum Gasteiger partial charge on any atom is 0.387 e. The summed E-state index contributed by atoms with van der Waals surface area (Å²) < 4.78 is 83.5. The van der Waals surface area contributed by atoms with E-state index >= 15 is 0 Å². The van der Waals surface area contributed by atoms with Crippen LogP contribution in [0.5, 0.6) is 11.5 Å². The molecule has 4 rings (SSSR count). The molecule has 2 N–H and O–H groups in total. The Morgan fingerprint density at radius 3 is 1.40 bits per heavy atom. The van der Waals surface area contributed by atoms with E-state index in [4.69, 9.17) is 16.6 Å². The minimum Gasteiger partial charge on any atom is -0.435 e. The fraction of sp³-hybridized carbons (Fsp3) is 0.158. The summed E-state index contributed by atoms with van der Waals surface area (Å²) in [4.78, 5) is 48.6. The van der Waals surface area contributed by atoms with Crippen LogP contribution in [-0.2, 0) is 0 Å². The van der Waals surface area contributed by atoms with Crippen LogP contribution in [0.3, 0.4) is 0 Å². The molecule has 0 bridgehead atoms. The van der Waals surface area contributed by atoms with Crippen LogP contribution in [0.25, 0.3) is 0 Å². The molecule has 0 atom stereocenters. The van der Waals surface area contributed by atoms with E-state index in [1.165, 1.54) is 36.4 Å². The maximum atomic E-state index is 13.7. The minimum atomic E-state index is -3.00. The number of halogens is 7. The lowest BCUT2D eigenvalue weighted by Crippen LogP contribution is -2.15. The number of ether oxygens (including phenoxy) is 2. The van der Waals surface area contributed by atoms with Gasteiger partial charge in [0.25, 0.3) is 0 Å². The Morgan fingerprint density at radius 2 is 1.02 bits per heavy atom. The molecule has 0 aliphatic carbocycles. The molecule has 0 fully saturated rings. The van der Waals surface area contributed by atoms with Gasteiger partial charge in [-0.3, -0.25) is 19.2 Å². The van der Waals surface area contributed by atoms with Crippen molar-refractivity contribution in [2.24, 2.45) is 0 Å². The van der Waals surface area contributed by atoms with Crippen molar-refractivity contribution in [3.05, 3.63) is 129 Å². The summed E-state index contributed by atoms with van der Waals surface area (Å²) in [7, 11) is 0. The molecule has 0 heterocycles. The maximum absolute atomic E-state index is 13.7. The van der Waals surface area contributed by atoms with Crippen LogP contribution in [0, 0.1) is 35.8 Å². The van der Waals surface area contributed by atoms with E-state index in [1.54, 1.807) is 0 Å². The van der Waals surface area contributed by atoms with Gasteiger partial charge in [0.2, 0.25) is 23.1 Å². The zero-order valence-corrected chi connectivity index (χ0v) is 28.7. The number of Topliss-reactive ketones (excluding diaryl/α,β-unsaturated/α-hetero) is 4. The highest BCUT2D eigenvalue weighted by molar-refractivity contribution is 9.10. The number of aliphatic hydroxyl groups is 2. The number of hydrogen-bond acceptors (Lipinski definition) is 8. The zero-order chi connectivity index (χ0) is 39.5. The summed E-state index contributed by atoms with van der Waals surface area (Å²) in [6.07, 6.45) is 5.34. The minimum absolute atomic E-state index is 0.0196. The van der Waals surface area contributed by atoms with Gasteiger partial charge in [0.15, 0.2) is 0 Å². The second-order valence-corrected chi connectivity index (χ2v) is 10.8. The Labute approximate surface area is 307 Å². The predicted octanol–water partition coefficient (Wildman–Crippen LogP) is 7.48. The van der Waals surface area contributed by atoms with Gasteiger partial charge >= 0.3 is 13.2 Å². The van der Waals surface area contributed by atoms with Crippen molar-refractivity contribution in [3.63, 3.8) is 0 Å². The lowest BCUT2D eigenvalue weighted by atomic mass is 9.99. The highest BCUT2D eigenvalue weighted by Gasteiger charge is 2.21. The first-order valence-corrected chi connectivity index (χ1v) is 15.7. The van der Waals surface area contributed by atoms with Gasteiger partial charge in [0.1, 0.15) is 23.1 Å². The lowest BCUT2D eigenvalue weighted by molar-refractivity contribution is -0.0505. The number of terminal acetylenes is 1. The Bertz CT molecular complexity index is 1980. The number of rotatable bonds is 12. The van der Waals surface area contributed by atoms with Gasteiger partial charge in [-0.05, 0) is 101 Å². The Hall–Kier alpha value is -5.74. The van der Waals surface area contributed by atoms with Crippen molar-refractivity contribution >= 4 is 39.1 Å². The molecule has 0 saturated carbocycles. The second kappa shape index (κ2) is 22.3. The smallest absolute Gasteiger partial charge is 0.387 e. The molecule has 0 radical (unpaired) electrons. The first-order valence-electron chi connectivity index (χ1n) is 14.9.